The summed E-state index contributed by atoms with van der Waals surface area (Å²) in [5.41, 5.74) is 2.17. The van der Waals surface area contributed by atoms with Crippen molar-refractivity contribution in [1.82, 2.24) is 10.3 Å². The lowest BCUT2D eigenvalue weighted by Crippen LogP contribution is -2.32. The van der Waals surface area contributed by atoms with Crippen LogP contribution in [-0.4, -0.2) is 29.9 Å². The fourth-order valence-electron chi connectivity index (χ4n) is 3.15. The van der Waals surface area contributed by atoms with Crippen LogP contribution in [0.5, 0.6) is 0 Å². The number of hydrogen-bond donors (Lipinski definition) is 2. The zero-order valence-corrected chi connectivity index (χ0v) is 9.95. The fraction of sp³-hybridized carbons (Fsp3) is 0.917. The van der Waals surface area contributed by atoms with Gasteiger partial charge in [0.1, 0.15) is 0 Å². The van der Waals surface area contributed by atoms with Crippen molar-refractivity contribution in [2.24, 2.45) is 11.8 Å². The quantitative estimate of drug-likeness (QED) is 0.307. The second-order valence-electron chi connectivity index (χ2n) is 5.21. The topological polar surface area (TPSA) is 58.4 Å². The molecular formula is C12H23N3O. The van der Waals surface area contributed by atoms with E-state index in [-0.39, 0.29) is 5.91 Å². The Labute approximate surface area is 97.5 Å². The number of nitrogens with two attached hydrogens (primary N) is 1. The number of amides is 1. The highest BCUT2D eigenvalue weighted by atomic mass is 16.2. The summed E-state index contributed by atoms with van der Waals surface area (Å²) in [7, 11) is 0. The van der Waals surface area contributed by atoms with Gasteiger partial charge in [-0.3, -0.25) is 10.2 Å². The number of fused-ring (bicyclic) bond motifs is 2. The normalized spacial score (nSPS) is 28.6. The highest BCUT2D eigenvalue weighted by molar-refractivity contribution is 5.74. The molecule has 92 valence electrons. The largest absolute Gasteiger partial charge is 0.300 e. The molecule has 1 amide bonds. The van der Waals surface area contributed by atoms with E-state index in [2.05, 4.69) is 10.3 Å². The van der Waals surface area contributed by atoms with Crippen LogP contribution >= 0.6 is 0 Å². The van der Waals surface area contributed by atoms with Crippen molar-refractivity contribution in [3.8, 4) is 0 Å². The number of nitrogens with zero attached hydrogens (tertiary/aromatic N) is 1. The molecule has 2 aliphatic rings. The molecule has 2 atom stereocenters. The summed E-state index contributed by atoms with van der Waals surface area (Å²) in [4.78, 5) is 13.5. The van der Waals surface area contributed by atoms with E-state index in [1.807, 2.05) is 0 Å². The zero-order chi connectivity index (χ0) is 11.4. The van der Waals surface area contributed by atoms with E-state index in [1.165, 1.54) is 38.8 Å². The SMILES string of the molecule is NNC(=O)CCCCCN1CC2CCC1C2. The Balaban J connectivity index is 1.51. The molecule has 1 heterocycles. The Kier molecular flexibility index (Phi) is 4.18. The first-order valence-corrected chi connectivity index (χ1v) is 6.53. The smallest absolute Gasteiger partial charge is 0.233 e. The van der Waals surface area contributed by atoms with Gasteiger partial charge in [-0.1, -0.05) is 6.42 Å². The van der Waals surface area contributed by atoms with Crippen LogP contribution in [0.15, 0.2) is 0 Å². The molecule has 1 aliphatic heterocycles. The maximum absolute atomic E-state index is 10.9. The van der Waals surface area contributed by atoms with E-state index < -0.39 is 0 Å². The van der Waals surface area contributed by atoms with Crippen LogP contribution in [0.4, 0.5) is 0 Å². The van der Waals surface area contributed by atoms with Crippen LogP contribution in [0.25, 0.3) is 0 Å². The minimum Gasteiger partial charge on any atom is -0.300 e. The van der Waals surface area contributed by atoms with E-state index in [1.54, 1.807) is 0 Å². The van der Waals surface area contributed by atoms with Gasteiger partial charge in [0.15, 0.2) is 0 Å². The minimum atomic E-state index is -0.0415. The van der Waals surface area contributed by atoms with Crippen LogP contribution in [-0.2, 0) is 4.79 Å². The lowest BCUT2D eigenvalue weighted by Gasteiger charge is -2.26. The van der Waals surface area contributed by atoms with Crippen LogP contribution < -0.4 is 11.3 Å². The zero-order valence-electron chi connectivity index (χ0n) is 9.95. The van der Waals surface area contributed by atoms with Gasteiger partial charge in [-0.05, 0) is 44.6 Å². The summed E-state index contributed by atoms with van der Waals surface area (Å²) in [5, 5.41) is 0. The molecule has 0 radical (unpaired) electrons. The molecule has 0 aromatic carbocycles. The first-order valence-electron chi connectivity index (χ1n) is 6.53. The Hall–Kier alpha value is -0.610. The summed E-state index contributed by atoms with van der Waals surface area (Å²) in [5.74, 6) is 5.97. The van der Waals surface area contributed by atoms with Gasteiger partial charge in [0.25, 0.3) is 0 Å². The number of rotatable bonds is 6. The third kappa shape index (κ3) is 2.95. The Bertz CT molecular complexity index is 244. The van der Waals surface area contributed by atoms with Crippen molar-refractivity contribution in [3.63, 3.8) is 0 Å². The minimum absolute atomic E-state index is 0.0415. The van der Waals surface area contributed by atoms with Crippen molar-refractivity contribution in [2.75, 3.05) is 13.1 Å². The first kappa shape index (κ1) is 11.9. The second-order valence-corrected chi connectivity index (χ2v) is 5.21. The third-order valence-electron chi connectivity index (χ3n) is 4.03. The van der Waals surface area contributed by atoms with Crippen molar-refractivity contribution in [3.05, 3.63) is 0 Å². The van der Waals surface area contributed by atoms with E-state index in [9.17, 15) is 4.79 Å². The first-order chi connectivity index (χ1) is 7.79. The summed E-state index contributed by atoms with van der Waals surface area (Å²) in [6, 6.07) is 0.886. The Morgan fingerprint density at radius 2 is 2.19 bits per heavy atom. The maximum atomic E-state index is 10.9. The number of hydrazine groups is 1. The molecule has 2 unspecified atom stereocenters. The Morgan fingerprint density at radius 3 is 2.81 bits per heavy atom. The predicted molar refractivity (Wildman–Crippen MR) is 63.5 cm³/mol. The Morgan fingerprint density at radius 1 is 1.31 bits per heavy atom. The van der Waals surface area contributed by atoms with Crippen LogP contribution in [0.1, 0.15) is 44.9 Å². The average molecular weight is 225 g/mol. The number of carbonyl (C=O) groups excluding carboxylic acids is 1. The van der Waals surface area contributed by atoms with Crippen LogP contribution in [0.2, 0.25) is 0 Å². The molecular weight excluding hydrogens is 202 g/mol. The van der Waals surface area contributed by atoms with Gasteiger partial charge in [-0.15, -0.1) is 0 Å². The van der Waals surface area contributed by atoms with Gasteiger partial charge >= 0.3 is 0 Å². The molecule has 0 aromatic rings. The fourth-order valence-corrected chi connectivity index (χ4v) is 3.15. The van der Waals surface area contributed by atoms with Crippen LogP contribution in [0.3, 0.4) is 0 Å². The van der Waals surface area contributed by atoms with Gasteiger partial charge in [-0.25, -0.2) is 5.84 Å². The number of nitrogens with one attached hydrogen (secondary N) is 1. The van der Waals surface area contributed by atoms with Gasteiger partial charge in [0, 0.05) is 19.0 Å². The molecule has 0 spiro atoms. The molecule has 2 fully saturated rings. The lowest BCUT2D eigenvalue weighted by atomic mass is 10.1. The number of likely N-dealkylation sites (tertiary alicyclic amines) is 1. The molecule has 16 heavy (non-hydrogen) atoms. The van der Waals surface area contributed by atoms with Gasteiger partial charge in [-0.2, -0.15) is 0 Å². The predicted octanol–water partition coefficient (Wildman–Crippen LogP) is 1.02. The summed E-state index contributed by atoms with van der Waals surface area (Å²) >= 11 is 0. The maximum Gasteiger partial charge on any atom is 0.233 e. The summed E-state index contributed by atoms with van der Waals surface area (Å²) in [6.07, 6.45) is 8.21. The standard InChI is InChI=1S/C12H23N3O/c13-14-12(16)4-2-1-3-7-15-9-10-5-6-11(15)8-10/h10-11H,1-9,13H2,(H,14,16). The summed E-state index contributed by atoms with van der Waals surface area (Å²) < 4.78 is 0. The molecule has 2 rings (SSSR count). The van der Waals surface area contributed by atoms with E-state index in [4.69, 9.17) is 5.84 Å². The molecule has 1 saturated carbocycles. The van der Waals surface area contributed by atoms with Crippen molar-refractivity contribution in [1.29, 1.82) is 0 Å². The van der Waals surface area contributed by atoms with E-state index in [0.717, 1.165) is 24.8 Å². The molecule has 2 bridgehead atoms. The van der Waals surface area contributed by atoms with Gasteiger partial charge < -0.3 is 4.90 Å². The monoisotopic (exact) mass is 225 g/mol. The number of carbonyl (C=O) groups is 1. The van der Waals surface area contributed by atoms with Crippen molar-refractivity contribution in [2.45, 2.75) is 51.0 Å². The van der Waals surface area contributed by atoms with Crippen molar-refractivity contribution >= 4 is 5.91 Å². The highest BCUT2D eigenvalue weighted by Gasteiger charge is 2.36. The average Bonchev–Trinajstić information content (AvgIpc) is 2.90. The van der Waals surface area contributed by atoms with Crippen LogP contribution in [0, 0.1) is 5.92 Å². The molecule has 4 nitrogen and oxygen atoms in total. The number of hydrogen-bond acceptors (Lipinski definition) is 3. The van der Waals surface area contributed by atoms with Gasteiger partial charge in [0.05, 0.1) is 0 Å². The molecule has 0 aromatic heterocycles. The molecule has 1 aliphatic carbocycles. The lowest BCUT2D eigenvalue weighted by molar-refractivity contribution is -0.121. The third-order valence-corrected chi connectivity index (χ3v) is 4.03. The highest BCUT2D eigenvalue weighted by Crippen LogP contribution is 2.37. The van der Waals surface area contributed by atoms with Crippen molar-refractivity contribution < 1.29 is 4.79 Å². The molecule has 1 saturated heterocycles. The molecule has 4 heteroatoms. The number of unbranched alkanes of at least 4 members (excludes halogenated alkanes) is 2. The van der Waals surface area contributed by atoms with E-state index in [0.29, 0.717) is 6.42 Å². The van der Waals surface area contributed by atoms with Gasteiger partial charge in [0.2, 0.25) is 5.91 Å². The van der Waals surface area contributed by atoms with E-state index >= 15 is 0 Å². The molecule has 3 N–H and O–H groups in total. The summed E-state index contributed by atoms with van der Waals surface area (Å²) in [6.45, 7) is 2.55. The second kappa shape index (κ2) is 5.64. The number of piperidine rings is 1.